The van der Waals surface area contributed by atoms with Crippen molar-refractivity contribution in [2.24, 2.45) is 5.73 Å². The summed E-state index contributed by atoms with van der Waals surface area (Å²) in [7, 11) is 4.20. The van der Waals surface area contributed by atoms with Crippen molar-refractivity contribution in [2.75, 3.05) is 20.6 Å². The second-order valence-corrected chi connectivity index (χ2v) is 5.96. The van der Waals surface area contributed by atoms with Gasteiger partial charge in [-0.05, 0) is 46.0 Å². The Morgan fingerprint density at radius 1 is 1.24 bits per heavy atom. The lowest BCUT2D eigenvalue weighted by atomic mass is 10.0. The lowest BCUT2D eigenvalue weighted by Gasteiger charge is -2.21. The average Bonchev–Trinajstić information content (AvgIpc) is 2.95. The summed E-state index contributed by atoms with van der Waals surface area (Å²) in [6.07, 6.45) is 5.74. The van der Waals surface area contributed by atoms with Crippen molar-refractivity contribution < 1.29 is 0 Å². The lowest BCUT2D eigenvalue weighted by molar-refractivity contribution is 0.352. The molecule has 0 radical (unpaired) electrons. The average molecular weight is 286 g/mol. The summed E-state index contributed by atoms with van der Waals surface area (Å²) in [5, 5.41) is 0. The van der Waals surface area contributed by atoms with E-state index in [1.54, 1.807) is 0 Å². The number of imidazole rings is 1. The Bertz CT molecular complexity index is 533. The van der Waals surface area contributed by atoms with E-state index < -0.39 is 0 Å². The highest BCUT2D eigenvalue weighted by atomic mass is 15.1. The summed E-state index contributed by atoms with van der Waals surface area (Å²) in [4.78, 5) is 6.51. The van der Waals surface area contributed by atoms with E-state index in [-0.39, 0.29) is 6.04 Å². The number of rotatable bonds is 7. The fourth-order valence-corrected chi connectivity index (χ4v) is 2.53. The predicted octanol–water partition coefficient (Wildman–Crippen LogP) is 2.64. The first-order chi connectivity index (χ1) is 10.1. The van der Waals surface area contributed by atoms with Gasteiger partial charge in [-0.15, -0.1) is 0 Å². The van der Waals surface area contributed by atoms with Crippen LogP contribution >= 0.6 is 0 Å². The highest BCUT2D eigenvalue weighted by Gasteiger charge is 2.16. The third-order valence-corrected chi connectivity index (χ3v) is 3.84. The van der Waals surface area contributed by atoms with Crippen LogP contribution in [0, 0.1) is 0 Å². The molecule has 0 bridgehead atoms. The fourth-order valence-electron chi connectivity index (χ4n) is 2.53. The Morgan fingerprint density at radius 2 is 1.95 bits per heavy atom. The molecule has 1 unspecified atom stereocenters. The topological polar surface area (TPSA) is 47.1 Å². The standard InChI is InChI=1S/C17H26N4/c1-14(9-10-20(2)3)21-13-19-12-17(21)16(18)11-15-7-5-4-6-8-15/h4-8,12-14,16H,9-11,18H2,1-3H3/t14?,16-/m1/s1. The molecule has 0 fully saturated rings. The summed E-state index contributed by atoms with van der Waals surface area (Å²) < 4.78 is 2.22. The van der Waals surface area contributed by atoms with Crippen LogP contribution in [-0.4, -0.2) is 35.1 Å². The van der Waals surface area contributed by atoms with Gasteiger partial charge in [0.1, 0.15) is 0 Å². The quantitative estimate of drug-likeness (QED) is 0.851. The minimum absolute atomic E-state index is 0.0169. The van der Waals surface area contributed by atoms with Crippen LogP contribution in [0.2, 0.25) is 0 Å². The maximum absolute atomic E-state index is 6.39. The smallest absolute Gasteiger partial charge is 0.0951 e. The van der Waals surface area contributed by atoms with E-state index in [4.69, 9.17) is 5.73 Å². The van der Waals surface area contributed by atoms with Gasteiger partial charge in [0.05, 0.1) is 18.1 Å². The van der Waals surface area contributed by atoms with Crippen LogP contribution in [0.3, 0.4) is 0 Å². The molecule has 1 aromatic carbocycles. The first-order valence-electron chi connectivity index (χ1n) is 7.54. The van der Waals surface area contributed by atoms with E-state index in [0.29, 0.717) is 6.04 Å². The molecule has 114 valence electrons. The highest BCUT2D eigenvalue weighted by Crippen LogP contribution is 2.21. The minimum atomic E-state index is -0.0169. The summed E-state index contributed by atoms with van der Waals surface area (Å²) in [6.45, 7) is 3.29. The molecule has 2 rings (SSSR count). The zero-order valence-corrected chi connectivity index (χ0v) is 13.2. The van der Waals surface area contributed by atoms with Crippen molar-refractivity contribution in [3.05, 3.63) is 54.1 Å². The maximum Gasteiger partial charge on any atom is 0.0951 e. The number of hydrogen-bond acceptors (Lipinski definition) is 3. The lowest BCUT2D eigenvalue weighted by Crippen LogP contribution is -2.22. The minimum Gasteiger partial charge on any atom is -0.330 e. The third-order valence-electron chi connectivity index (χ3n) is 3.84. The zero-order chi connectivity index (χ0) is 15.2. The van der Waals surface area contributed by atoms with Gasteiger partial charge in [0.2, 0.25) is 0 Å². The number of nitrogens with two attached hydrogens (primary N) is 1. The largest absolute Gasteiger partial charge is 0.330 e. The van der Waals surface area contributed by atoms with E-state index in [2.05, 4.69) is 59.7 Å². The van der Waals surface area contributed by atoms with Gasteiger partial charge in [-0.25, -0.2) is 4.98 Å². The van der Waals surface area contributed by atoms with Gasteiger partial charge in [0.15, 0.2) is 0 Å². The highest BCUT2D eigenvalue weighted by molar-refractivity contribution is 5.18. The Labute approximate surface area is 127 Å². The van der Waals surface area contributed by atoms with Gasteiger partial charge in [-0.1, -0.05) is 30.3 Å². The number of nitrogens with zero attached hydrogens (tertiary/aromatic N) is 3. The number of benzene rings is 1. The summed E-state index contributed by atoms with van der Waals surface area (Å²) in [5.74, 6) is 0. The summed E-state index contributed by atoms with van der Waals surface area (Å²) in [5.41, 5.74) is 8.77. The van der Waals surface area contributed by atoms with Gasteiger partial charge in [-0.3, -0.25) is 0 Å². The van der Waals surface area contributed by atoms with E-state index in [9.17, 15) is 0 Å². The third kappa shape index (κ3) is 4.41. The monoisotopic (exact) mass is 286 g/mol. The Morgan fingerprint density at radius 3 is 2.62 bits per heavy atom. The van der Waals surface area contributed by atoms with Crippen LogP contribution < -0.4 is 5.73 Å². The molecule has 4 heteroatoms. The Hall–Kier alpha value is -1.65. The van der Waals surface area contributed by atoms with Crippen LogP contribution in [0.5, 0.6) is 0 Å². The van der Waals surface area contributed by atoms with Crippen molar-refractivity contribution >= 4 is 0 Å². The second-order valence-electron chi connectivity index (χ2n) is 5.96. The molecule has 2 N–H and O–H groups in total. The van der Waals surface area contributed by atoms with E-state index in [1.165, 1.54) is 5.56 Å². The van der Waals surface area contributed by atoms with Gasteiger partial charge in [0, 0.05) is 12.2 Å². The van der Waals surface area contributed by atoms with Gasteiger partial charge in [0.25, 0.3) is 0 Å². The van der Waals surface area contributed by atoms with Crippen molar-refractivity contribution in [1.82, 2.24) is 14.5 Å². The summed E-state index contributed by atoms with van der Waals surface area (Å²) >= 11 is 0. The first-order valence-corrected chi connectivity index (χ1v) is 7.54. The zero-order valence-electron chi connectivity index (χ0n) is 13.2. The number of hydrogen-bond donors (Lipinski definition) is 1. The van der Waals surface area contributed by atoms with E-state index in [0.717, 1.165) is 25.1 Å². The molecular formula is C17H26N4. The fraction of sp³-hybridized carbons (Fsp3) is 0.471. The predicted molar refractivity (Wildman–Crippen MR) is 87.2 cm³/mol. The number of aromatic nitrogens is 2. The van der Waals surface area contributed by atoms with Crippen molar-refractivity contribution in [3.63, 3.8) is 0 Å². The molecule has 4 nitrogen and oxygen atoms in total. The molecule has 0 amide bonds. The second kappa shape index (κ2) is 7.38. The maximum atomic E-state index is 6.39. The molecular weight excluding hydrogens is 260 g/mol. The van der Waals surface area contributed by atoms with Crippen molar-refractivity contribution in [2.45, 2.75) is 31.8 Å². The van der Waals surface area contributed by atoms with Gasteiger partial charge in [-0.2, -0.15) is 0 Å². The van der Waals surface area contributed by atoms with Crippen LogP contribution in [0.1, 0.15) is 36.7 Å². The van der Waals surface area contributed by atoms with Crippen LogP contribution in [0.15, 0.2) is 42.9 Å². The molecule has 2 atom stereocenters. The molecule has 1 heterocycles. The van der Waals surface area contributed by atoms with Crippen molar-refractivity contribution in [1.29, 1.82) is 0 Å². The first kappa shape index (κ1) is 15.7. The SMILES string of the molecule is CC(CCN(C)C)n1cncc1[C@H](N)Cc1ccccc1. The van der Waals surface area contributed by atoms with Gasteiger partial charge < -0.3 is 15.2 Å². The van der Waals surface area contributed by atoms with Crippen LogP contribution in [-0.2, 0) is 6.42 Å². The molecule has 0 spiro atoms. The molecule has 0 aliphatic heterocycles. The Balaban J connectivity index is 2.05. The van der Waals surface area contributed by atoms with E-state index >= 15 is 0 Å². The molecule has 21 heavy (non-hydrogen) atoms. The molecule has 2 aromatic rings. The van der Waals surface area contributed by atoms with Crippen LogP contribution in [0.25, 0.3) is 0 Å². The molecule has 0 aliphatic rings. The molecule has 0 saturated carbocycles. The molecule has 0 saturated heterocycles. The normalized spacial score (nSPS) is 14.3. The van der Waals surface area contributed by atoms with Gasteiger partial charge >= 0.3 is 0 Å². The van der Waals surface area contributed by atoms with E-state index in [1.807, 2.05) is 18.6 Å². The molecule has 0 aliphatic carbocycles. The Kier molecular flexibility index (Phi) is 5.53. The van der Waals surface area contributed by atoms with Crippen molar-refractivity contribution in [3.8, 4) is 0 Å². The molecule has 1 aromatic heterocycles. The van der Waals surface area contributed by atoms with Crippen LogP contribution in [0.4, 0.5) is 0 Å². The summed E-state index contributed by atoms with van der Waals surface area (Å²) in [6, 6.07) is 10.8.